The summed E-state index contributed by atoms with van der Waals surface area (Å²) in [6, 6.07) is 19.6. The number of nitrogens with zero attached hydrogens (tertiary/aromatic N) is 5. The highest BCUT2D eigenvalue weighted by atomic mass is 15.3. The maximum absolute atomic E-state index is 5.01. The fourth-order valence-corrected chi connectivity index (χ4v) is 4.58. The minimum absolute atomic E-state index is 0.858. The number of benzene rings is 2. The van der Waals surface area contributed by atoms with E-state index in [4.69, 9.17) is 9.97 Å². The lowest BCUT2D eigenvalue weighted by Gasteiger charge is -2.37. The monoisotopic (exact) mass is 399 g/mol. The Bertz CT molecular complexity index is 1040. The number of para-hydroxylation sites is 1. The van der Waals surface area contributed by atoms with E-state index >= 15 is 0 Å². The second kappa shape index (κ2) is 7.98. The summed E-state index contributed by atoms with van der Waals surface area (Å²) in [7, 11) is 0. The number of anilines is 4. The number of rotatable bonds is 3. The van der Waals surface area contributed by atoms with Crippen LogP contribution in [-0.2, 0) is 6.42 Å². The first kappa shape index (κ1) is 18.9. The van der Waals surface area contributed by atoms with E-state index in [1.165, 1.54) is 22.5 Å². The summed E-state index contributed by atoms with van der Waals surface area (Å²) in [5.74, 6) is 1.88. The number of hydrogen-bond acceptors (Lipinski definition) is 5. The van der Waals surface area contributed by atoms with Crippen LogP contribution in [0.1, 0.15) is 23.2 Å². The molecule has 0 bridgehead atoms. The molecule has 1 saturated heterocycles. The molecule has 0 saturated carbocycles. The molecule has 3 aromatic rings. The van der Waals surface area contributed by atoms with E-state index in [0.29, 0.717) is 0 Å². The number of aromatic nitrogens is 2. The lowest BCUT2D eigenvalue weighted by molar-refractivity contribution is 0.638. The van der Waals surface area contributed by atoms with Crippen molar-refractivity contribution in [1.29, 1.82) is 0 Å². The van der Waals surface area contributed by atoms with Gasteiger partial charge < -0.3 is 14.7 Å². The molecule has 0 unspecified atom stereocenters. The Hall–Kier alpha value is -3.08. The van der Waals surface area contributed by atoms with Crippen molar-refractivity contribution in [3.63, 3.8) is 0 Å². The SMILES string of the molecule is Cc1cccc(N2CCN(c3nc(C)cc(N4CCCc5ccccc54)n3)CC2)c1. The number of fused-ring (bicyclic) bond motifs is 1. The van der Waals surface area contributed by atoms with Crippen LogP contribution in [0, 0.1) is 13.8 Å². The smallest absolute Gasteiger partial charge is 0.227 e. The second-order valence-corrected chi connectivity index (χ2v) is 8.36. The molecule has 0 atom stereocenters. The Morgan fingerprint density at radius 1 is 0.767 bits per heavy atom. The molecule has 1 fully saturated rings. The zero-order valence-corrected chi connectivity index (χ0v) is 17.9. The van der Waals surface area contributed by atoms with Crippen molar-refractivity contribution in [2.45, 2.75) is 26.7 Å². The zero-order chi connectivity index (χ0) is 20.5. The van der Waals surface area contributed by atoms with E-state index in [9.17, 15) is 0 Å². The Morgan fingerprint density at radius 3 is 2.40 bits per heavy atom. The van der Waals surface area contributed by atoms with Crippen LogP contribution in [0.15, 0.2) is 54.6 Å². The lowest BCUT2D eigenvalue weighted by atomic mass is 10.0. The standard InChI is InChI=1S/C25H29N5/c1-19-7-5-10-22(17-19)28-13-15-29(16-14-28)25-26-20(2)18-24(27-25)30-12-6-9-21-8-3-4-11-23(21)30/h3-5,7-8,10-11,17-18H,6,9,12-16H2,1-2H3. The number of aryl methyl sites for hydroxylation is 3. The van der Waals surface area contributed by atoms with E-state index in [0.717, 1.165) is 63.0 Å². The first-order chi connectivity index (χ1) is 14.7. The van der Waals surface area contributed by atoms with Gasteiger partial charge in [-0.25, -0.2) is 4.98 Å². The van der Waals surface area contributed by atoms with Crippen molar-refractivity contribution in [1.82, 2.24) is 9.97 Å². The van der Waals surface area contributed by atoms with Gasteiger partial charge in [0.15, 0.2) is 0 Å². The normalized spacial score (nSPS) is 16.5. The van der Waals surface area contributed by atoms with Gasteiger partial charge in [-0.1, -0.05) is 30.3 Å². The minimum atomic E-state index is 0.858. The summed E-state index contributed by atoms with van der Waals surface area (Å²) in [5.41, 5.74) is 6.35. The second-order valence-electron chi connectivity index (χ2n) is 8.36. The third-order valence-electron chi connectivity index (χ3n) is 6.15. The molecule has 1 aromatic heterocycles. The molecule has 0 aliphatic carbocycles. The highest BCUT2D eigenvalue weighted by Crippen LogP contribution is 2.33. The molecule has 0 radical (unpaired) electrons. The molecule has 5 rings (SSSR count). The van der Waals surface area contributed by atoms with Crippen molar-refractivity contribution in [2.24, 2.45) is 0 Å². The van der Waals surface area contributed by atoms with Gasteiger partial charge in [-0.3, -0.25) is 0 Å². The van der Waals surface area contributed by atoms with Crippen LogP contribution in [0.5, 0.6) is 0 Å². The summed E-state index contributed by atoms with van der Waals surface area (Å²) in [4.78, 5) is 17.0. The first-order valence-corrected chi connectivity index (χ1v) is 10.9. The molecular weight excluding hydrogens is 370 g/mol. The van der Waals surface area contributed by atoms with Crippen molar-refractivity contribution < 1.29 is 0 Å². The van der Waals surface area contributed by atoms with Crippen LogP contribution in [0.25, 0.3) is 0 Å². The topological polar surface area (TPSA) is 35.5 Å². The third-order valence-corrected chi connectivity index (χ3v) is 6.15. The molecule has 30 heavy (non-hydrogen) atoms. The summed E-state index contributed by atoms with van der Waals surface area (Å²) >= 11 is 0. The Balaban J connectivity index is 1.36. The van der Waals surface area contributed by atoms with Gasteiger partial charge in [-0.15, -0.1) is 0 Å². The van der Waals surface area contributed by atoms with Crippen molar-refractivity contribution in [3.05, 3.63) is 71.4 Å². The summed E-state index contributed by atoms with van der Waals surface area (Å²) in [5, 5.41) is 0. The van der Waals surface area contributed by atoms with Gasteiger partial charge in [0.25, 0.3) is 0 Å². The van der Waals surface area contributed by atoms with Gasteiger partial charge in [0.1, 0.15) is 5.82 Å². The van der Waals surface area contributed by atoms with Crippen molar-refractivity contribution in [3.8, 4) is 0 Å². The molecule has 3 heterocycles. The molecule has 154 valence electrons. The molecule has 5 heteroatoms. The summed E-state index contributed by atoms with van der Waals surface area (Å²) in [6.45, 7) is 9.09. The lowest BCUT2D eigenvalue weighted by Crippen LogP contribution is -2.47. The van der Waals surface area contributed by atoms with Crippen LogP contribution in [-0.4, -0.2) is 42.7 Å². The number of piperazine rings is 1. The molecule has 0 amide bonds. The molecule has 5 nitrogen and oxygen atoms in total. The van der Waals surface area contributed by atoms with Crippen LogP contribution >= 0.6 is 0 Å². The molecule has 0 N–H and O–H groups in total. The molecule has 2 aromatic carbocycles. The Kier molecular flexibility index (Phi) is 5.03. The van der Waals surface area contributed by atoms with E-state index in [-0.39, 0.29) is 0 Å². The van der Waals surface area contributed by atoms with E-state index < -0.39 is 0 Å². The third kappa shape index (κ3) is 3.72. The van der Waals surface area contributed by atoms with Crippen molar-refractivity contribution >= 4 is 23.1 Å². The van der Waals surface area contributed by atoms with Crippen LogP contribution in [0.3, 0.4) is 0 Å². The van der Waals surface area contributed by atoms with E-state index in [1.54, 1.807) is 0 Å². The quantitative estimate of drug-likeness (QED) is 0.648. The zero-order valence-electron chi connectivity index (χ0n) is 17.9. The maximum Gasteiger partial charge on any atom is 0.227 e. The van der Waals surface area contributed by atoms with Gasteiger partial charge in [-0.2, -0.15) is 4.98 Å². The van der Waals surface area contributed by atoms with Gasteiger partial charge in [0, 0.05) is 55.9 Å². The fourth-order valence-electron chi connectivity index (χ4n) is 4.58. The van der Waals surface area contributed by atoms with E-state index in [1.807, 2.05) is 0 Å². The summed E-state index contributed by atoms with van der Waals surface area (Å²) < 4.78 is 0. The molecule has 2 aliphatic rings. The fraction of sp³-hybridized carbons (Fsp3) is 0.360. The highest BCUT2D eigenvalue weighted by Gasteiger charge is 2.23. The summed E-state index contributed by atoms with van der Waals surface area (Å²) in [6.07, 6.45) is 2.30. The Labute approximate surface area is 179 Å². The minimum Gasteiger partial charge on any atom is -0.368 e. The van der Waals surface area contributed by atoms with Crippen molar-refractivity contribution in [2.75, 3.05) is 47.4 Å². The molecular formula is C25H29N5. The van der Waals surface area contributed by atoms with Crippen LogP contribution in [0.4, 0.5) is 23.1 Å². The number of hydrogen-bond donors (Lipinski definition) is 0. The van der Waals surface area contributed by atoms with E-state index in [2.05, 4.69) is 83.1 Å². The van der Waals surface area contributed by atoms with Gasteiger partial charge in [-0.05, 0) is 56.0 Å². The molecule has 2 aliphatic heterocycles. The maximum atomic E-state index is 5.01. The Morgan fingerprint density at radius 2 is 1.57 bits per heavy atom. The van der Waals surface area contributed by atoms with Gasteiger partial charge in [0.2, 0.25) is 5.95 Å². The van der Waals surface area contributed by atoms with Gasteiger partial charge >= 0.3 is 0 Å². The van der Waals surface area contributed by atoms with Gasteiger partial charge in [0.05, 0.1) is 0 Å². The molecule has 0 spiro atoms. The van der Waals surface area contributed by atoms with Crippen LogP contribution < -0.4 is 14.7 Å². The average Bonchev–Trinajstić information content (AvgIpc) is 2.78. The van der Waals surface area contributed by atoms with Crippen LogP contribution in [0.2, 0.25) is 0 Å². The largest absolute Gasteiger partial charge is 0.368 e. The highest BCUT2D eigenvalue weighted by molar-refractivity contribution is 5.66. The average molecular weight is 400 g/mol. The first-order valence-electron chi connectivity index (χ1n) is 10.9. The predicted octanol–water partition coefficient (Wildman–Crippen LogP) is 4.50. The predicted molar refractivity (Wildman–Crippen MR) is 124 cm³/mol.